The summed E-state index contributed by atoms with van der Waals surface area (Å²) in [5.41, 5.74) is 2.17. The molecule has 0 radical (unpaired) electrons. The van der Waals surface area contributed by atoms with Crippen molar-refractivity contribution in [1.29, 1.82) is 0 Å². The molecule has 0 aliphatic rings. The first kappa shape index (κ1) is 15.5. The lowest BCUT2D eigenvalue weighted by Gasteiger charge is -2.11. The van der Waals surface area contributed by atoms with E-state index in [1.165, 1.54) is 17.3 Å². The third-order valence-corrected chi connectivity index (χ3v) is 3.93. The van der Waals surface area contributed by atoms with E-state index in [-0.39, 0.29) is 6.61 Å². The molecule has 104 valence electrons. The molecule has 1 unspecified atom stereocenters. The molecule has 1 heterocycles. The summed E-state index contributed by atoms with van der Waals surface area (Å²) in [7, 11) is 1.90. The fourth-order valence-corrected chi connectivity index (χ4v) is 2.68. The van der Waals surface area contributed by atoms with Crippen molar-refractivity contribution in [3.05, 3.63) is 11.3 Å². The van der Waals surface area contributed by atoms with Crippen LogP contribution in [0.3, 0.4) is 0 Å². The fraction of sp³-hybridized carbons (Fsp3) is 0.750. The van der Waals surface area contributed by atoms with Crippen LogP contribution in [0.4, 0.5) is 0 Å². The second-order valence-electron chi connectivity index (χ2n) is 4.68. The number of thioether (sulfide) groups is 1. The molecule has 18 heavy (non-hydrogen) atoms. The number of rotatable bonds is 7. The third-order valence-electron chi connectivity index (χ3n) is 2.60. The topological polar surface area (TPSA) is 70.3 Å². The van der Waals surface area contributed by atoms with Crippen LogP contribution < -0.4 is 5.32 Å². The Hall–Kier alpha value is -0.560. The Bertz CT molecular complexity index is 380. The fourth-order valence-electron chi connectivity index (χ4n) is 1.60. The molecule has 0 aromatic carbocycles. The van der Waals surface area contributed by atoms with Gasteiger partial charge in [-0.25, -0.2) is 0 Å². The minimum absolute atomic E-state index is 0.205. The molecule has 0 bridgehead atoms. The summed E-state index contributed by atoms with van der Waals surface area (Å²) in [6.45, 7) is 6.77. The summed E-state index contributed by atoms with van der Waals surface area (Å²) >= 11 is 1.53. The molecule has 0 fully saturated rings. The number of nitrogens with one attached hydrogen (secondary N) is 1. The number of hydrogen-bond acceptors (Lipinski definition) is 5. The molecule has 1 aromatic heterocycles. The third kappa shape index (κ3) is 4.28. The van der Waals surface area contributed by atoms with Gasteiger partial charge in [0.2, 0.25) is 0 Å². The Kier molecular flexibility index (Phi) is 6.14. The van der Waals surface area contributed by atoms with Gasteiger partial charge in [0.25, 0.3) is 0 Å². The SMILES string of the molecule is Cc1nn(C)c(SCC(O)CO)c1CNC(C)C. The Balaban J connectivity index is 2.75. The van der Waals surface area contributed by atoms with E-state index in [0.29, 0.717) is 11.8 Å². The number of aliphatic hydroxyl groups is 2. The van der Waals surface area contributed by atoms with Crippen molar-refractivity contribution in [3.8, 4) is 0 Å². The first-order valence-electron chi connectivity index (χ1n) is 6.13. The number of aliphatic hydroxyl groups excluding tert-OH is 2. The molecule has 0 amide bonds. The van der Waals surface area contributed by atoms with E-state index in [0.717, 1.165) is 17.3 Å². The van der Waals surface area contributed by atoms with E-state index in [1.54, 1.807) is 0 Å². The predicted molar refractivity (Wildman–Crippen MR) is 73.7 cm³/mol. The van der Waals surface area contributed by atoms with Gasteiger partial charge in [0, 0.05) is 31.0 Å². The van der Waals surface area contributed by atoms with Crippen LogP contribution in [0.1, 0.15) is 25.1 Å². The maximum Gasteiger partial charge on any atom is 0.0985 e. The highest BCUT2D eigenvalue weighted by Gasteiger charge is 2.15. The molecule has 0 saturated carbocycles. The van der Waals surface area contributed by atoms with Crippen molar-refractivity contribution < 1.29 is 10.2 Å². The number of hydrogen-bond donors (Lipinski definition) is 3. The van der Waals surface area contributed by atoms with E-state index < -0.39 is 6.10 Å². The van der Waals surface area contributed by atoms with Crippen molar-refractivity contribution >= 4 is 11.8 Å². The summed E-state index contributed by atoms with van der Waals surface area (Å²) in [6, 6.07) is 0.422. The van der Waals surface area contributed by atoms with Gasteiger partial charge in [0.05, 0.1) is 23.4 Å². The van der Waals surface area contributed by atoms with Crippen molar-refractivity contribution in [1.82, 2.24) is 15.1 Å². The highest BCUT2D eigenvalue weighted by molar-refractivity contribution is 7.99. The van der Waals surface area contributed by atoms with Gasteiger partial charge < -0.3 is 15.5 Å². The van der Waals surface area contributed by atoms with Gasteiger partial charge in [0.1, 0.15) is 0 Å². The molecular formula is C12H23N3O2S. The van der Waals surface area contributed by atoms with Gasteiger partial charge in [-0.05, 0) is 6.92 Å². The average Bonchev–Trinajstić information content (AvgIpc) is 2.57. The van der Waals surface area contributed by atoms with E-state index in [4.69, 9.17) is 5.11 Å². The zero-order valence-corrected chi connectivity index (χ0v) is 12.3. The van der Waals surface area contributed by atoms with Crippen LogP contribution in [0.2, 0.25) is 0 Å². The average molecular weight is 273 g/mol. The van der Waals surface area contributed by atoms with Crippen LogP contribution in [-0.2, 0) is 13.6 Å². The van der Waals surface area contributed by atoms with Gasteiger partial charge in [-0.15, -0.1) is 11.8 Å². The Morgan fingerprint density at radius 3 is 2.67 bits per heavy atom. The van der Waals surface area contributed by atoms with Crippen molar-refractivity contribution in [2.24, 2.45) is 7.05 Å². The minimum atomic E-state index is -0.684. The van der Waals surface area contributed by atoms with Crippen LogP contribution in [0.25, 0.3) is 0 Å². The van der Waals surface area contributed by atoms with Gasteiger partial charge in [-0.2, -0.15) is 5.10 Å². The summed E-state index contributed by atoms with van der Waals surface area (Å²) in [5, 5.41) is 27.1. The molecule has 5 nitrogen and oxygen atoms in total. The largest absolute Gasteiger partial charge is 0.394 e. The first-order valence-corrected chi connectivity index (χ1v) is 7.11. The second-order valence-corrected chi connectivity index (χ2v) is 5.68. The Morgan fingerprint density at radius 1 is 1.44 bits per heavy atom. The molecule has 1 atom stereocenters. The lowest BCUT2D eigenvalue weighted by Crippen LogP contribution is -2.22. The van der Waals surface area contributed by atoms with Gasteiger partial charge >= 0.3 is 0 Å². The Morgan fingerprint density at radius 2 is 2.11 bits per heavy atom. The maximum absolute atomic E-state index is 9.41. The number of aromatic nitrogens is 2. The molecule has 6 heteroatoms. The zero-order valence-electron chi connectivity index (χ0n) is 11.5. The highest BCUT2D eigenvalue weighted by Crippen LogP contribution is 2.25. The molecule has 3 N–H and O–H groups in total. The number of nitrogens with zero attached hydrogens (tertiary/aromatic N) is 2. The monoisotopic (exact) mass is 273 g/mol. The molecule has 0 aliphatic carbocycles. The van der Waals surface area contributed by atoms with E-state index >= 15 is 0 Å². The van der Waals surface area contributed by atoms with E-state index in [2.05, 4.69) is 24.3 Å². The zero-order chi connectivity index (χ0) is 13.7. The van der Waals surface area contributed by atoms with Crippen LogP contribution in [-0.4, -0.2) is 44.5 Å². The molecule has 0 spiro atoms. The normalized spacial score (nSPS) is 13.3. The Labute approximate surface area is 113 Å². The van der Waals surface area contributed by atoms with Crippen LogP contribution in [0.5, 0.6) is 0 Å². The summed E-state index contributed by atoms with van der Waals surface area (Å²) in [4.78, 5) is 0. The smallest absolute Gasteiger partial charge is 0.0985 e. The lowest BCUT2D eigenvalue weighted by atomic mass is 10.2. The van der Waals surface area contributed by atoms with E-state index in [1.807, 2.05) is 18.7 Å². The van der Waals surface area contributed by atoms with Crippen molar-refractivity contribution in [2.75, 3.05) is 12.4 Å². The summed E-state index contributed by atoms with van der Waals surface area (Å²) in [6.07, 6.45) is -0.684. The minimum Gasteiger partial charge on any atom is -0.394 e. The first-order chi connectivity index (χ1) is 8.45. The van der Waals surface area contributed by atoms with Crippen LogP contribution >= 0.6 is 11.8 Å². The molecule has 0 saturated heterocycles. The predicted octanol–water partition coefficient (Wildman–Crippen LogP) is 0.672. The molecular weight excluding hydrogens is 250 g/mol. The van der Waals surface area contributed by atoms with Crippen molar-refractivity contribution in [3.63, 3.8) is 0 Å². The standard InChI is InChI=1S/C12H23N3O2S/c1-8(2)13-5-11-9(3)14-15(4)12(11)18-7-10(17)6-16/h8,10,13,16-17H,5-7H2,1-4H3. The molecule has 1 rings (SSSR count). The maximum atomic E-state index is 9.41. The number of aryl methyl sites for hydroxylation is 2. The van der Waals surface area contributed by atoms with Crippen LogP contribution in [0.15, 0.2) is 5.03 Å². The van der Waals surface area contributed by atoms with Crippen molar-refractivity contribution in [2.45, 2.75) is 44.5 Å². The highest BCUT2D eigenvalue weighted by atomic mass is 32.2. The second kappa shape index (κ2) is 7.13. The van der Waals surface area contributed by atoms with Gasteiger partial charge in [-0.1, -0.05) is 13.8 Å². The summed E-state index contributed by atoms with van der Waals surface area (Å²) in [5.74, 6) is 0.476. The van der Waals surface area contributed by atoms with Crippen LogP contribution in [0, 0.1) is 6.92 Å². The quantitative estimate of drug-likeness (QED) is 0.637. The molecule has 0 aliphatic heterocycles. The lowest BCUT2D eigenvalue weighted by molar-refractivity contribution is 0.113. The summed E-state index contributed by atoms with van der Waals surface area (Å²) < 4.78 is 1.83. The molecule has 1 aromatic rings. The van der Waals surface area contributed by atoms with Gasteiger partial charge in [-0.3, -0.25) is 4.68 Å². The van der Waals surface area contributed by atoms with E-state index in [9.17, 15) is 5.11 Å². The van der Waals surface area contributed by atoms with Gasteiger partial charge in [0.15, 0.2) is 0 Å².